The Morgan fingerprint density at radius 1 is 1.30 bits per heavy atom. The molecule has 0 radical (unpaired) electrons. The van der Waals surface area contributed by atoms with Crippen molar-refractivity contribution in [3.05, 3.63) is 36.0 Å². The fourth-order valence-electron chi connectivity index (χ4n) is 1.55. The molecule has 0 aliphatic rings. The first-order valence-electron chi connectivity index (χ1n) is 5.49. The number of halogens is 1. The zero-order chi connectivity index (χ0) is 14.4. The Morgan fingerprint density at radius 2 is 2.10 bits per heavy atom. The Balaban J connectivity index is 2.20. The van der Waals surface area contributed by atoms with Gasteiger partial charge in [-0.1, -0.05) is 11.2 Å². The van der Waals surface area contributed by atoms with Gasteiger partial charge >= 0.3 is 0 Å². The number of alkyl halides is 1. The summed E-state index contributed by atoms with van der Waals surface area (Å²) in [5, 5.41) is 21.2. The van der Waals surface area contributed by atoms with E-state index in [1.165, 1.54) is 30.7 Å². The summed E-state index contributed by atoms with van der Waals surface area (Å²) in [6.07, 6.45) is 2.82. The lowest BCUT2D eigenvalue weighted by Crippen LogP contribution is -2.03. The first-order valence-corrected chi connectivity index (χ1v) is 5.49. The molecular formula is C12H10FN3O4. The topological polar surface area (TPSA) is 89.5 Å². The van der Waals surface area contributed by atoms with Gasteiger partial charge in [-0.3, -0.25) is 0 Å². The van der Waals surface area contributed by atoms with Gasteiger partial charge in [0.1, 0.15) is 12.4 Å². The molecule has 2 aromatic rings. The van der Waals surface area contributed by atoms with Gasteiger partial charge in [-0.2, -0.15) is 0 Å². The molecule has 1 N–H and O–H groups in total. The minimum absolute atomic E-state index is 0.0653. The summed E-state index contributed by atoms with van der Waals surface area (Å²) in [5.41, 5.74) is 0.360. The van der Waals surface area contributed by atoms with Gasteiger partial charge in [0.2, 0.25) is 12.7 Å². The Labute approximate surface area is 113 Å². The molecule has 0 fully saturated rings. The summed E-state index contributed by atoms with van der Waals surface area (Å²) in [6.45, 7) is -1.08. The fourth-order valence-corrected chi connectivity index (χ4v) is 1.55. The van der Waals surface area contributed by atoms with Gasteiger partial charge in [-0.05, 0) is 12.1 Å². The molecule has 0 unspecified atom stereocenters. The van der Waals surface area contributed by atoms with Gasteiger partial charge in [-0.15, -0.1) is 10.1 Å². The SMILES string of the molecule is N#COc1cccc(OCF)c1COc1ccn(O)n1. The van der Waals surface area contributed by atoms with Crippen LogP contribution in [0.25, 0.3) is 0 Å². The number of rotatable bonds is 6. The summed E-state index contributed by atoms with van der Waals surface area (Å²) < 4.78 is 27.2. The molecule has 0 saturated carbocycles. The zero-order valence-corrected chi connectivity index (χ0v) is 10.2. The quantitative estimate of drug-likeness (QED) is 0.641. The Bertz CT molecular complexity index is 623. The van der Waals surface area contributed by atoms with Crippen LogP contribution in [0.4, 0.5) is 4.39 Å². The van der Waals surface area contributed by atoms with Gasteiger partial charge in [0.05, 0.1) is 11.8 Å². The van der Waals surface area contributed by atoms with E-state index in [9.17, 15) is 4.39 Å². The minimum atomic E-state index is -1.02. The molecule has 2 rings (SSSR count). The van der Waals surface area contributed by atoms with Crippen molar-refractivity contribution >= 4 is 0 Å². The summed E-state index contributed by atoms with van der Waals surface area (Å²) in [6, 6.07) is 6.04. The summed E-state index contributed by atoms with van der Waals surface area (Å²) in [5.74, 6) is 0.552. The highest BCUT2D eigenvalue weighted by atomic mass is 19.1. The fraction of sp³-hybridized carbons (Fsp3) is 0.167. The highest BCUT2D eigenvalue weighted by molar-refractivity contribution is 5.45. The van der Waals surface area contributed by atoms with Crippen molar-refractivity contribution in [3.63, 3.8) is 0 Å². The second-order valence-corrected chi connectivity index (χ2v) is 3.54. The second-order valence-electron chi connectivity index (χ2n) is 3.54. The van der Waals surface area contributed by atoms with Crippen molar-refractivity contribution < 1.29 is 23.8 Å². The Hall–Kier alpha value is -2.95. The molecule has 0 spiro atoms. The van der Waals surface area contributed by atoms with E-state index in [0.29, 0.717) is 10.4 Å². The van der Waals surface area contributed by atoms with Crippen LogP contribution in [0, 0.1) is 11.5 Å². The van der Waals surface area contributed by atoms with Crippen LogP contribution >= 0.6 is 0 Å². The molecule has 0 aliphatic heterocycles. The number of hydrogen-bond acceptors (Lipinski definition) is 6. The first-order chi connectivity index (χ1) is 9.74. The van der Waals surface area contributed by atoms with Gasteiger partial charge in [0, 0.05) is 6.07 Å². The van der Waals surface area contributed by atoms with Crippen LogP contribution in [-0.4, -0.2) is 22.0 Å². The third-order valence-corrected chi connectivity index (χ3v) is 2.37. The third-order valence-electron chi connectivity index (χ3n) is 2.37. The minimum Gasteiger partial charge on any atom is -0.471 e. The molecule has 1 heterocycles. The van der Waals surface area contributed by atoms with Gasteiger partial charge in [0.15, 0.2) is 5.75 Å². The average Bonchev–Trinajstić information content (AvgIpc) is 2.84. The molecule has 0 saturated heterocycles. The summed E-state index contributed by atoms with van der Waals surface area (Å²) in [7, 11) is 0. The van der Waals surface area contributed by atoms with Crippen LogP contribution in [0.1, 0.15) is 5.56 Å². The van der Waals surface area contributed by atoms with E-state index in [1.54, 1.807) is 6.07 Å². The standard InChI is InChI=1S/C12H10FN3O4/c13-7-19-10-2-1-3-11(20-8-14)9(10)6-18-12-4-5-16(17)15-12/h1-5,17H,6-7H2. The van der Waals surface area contributed by atoms with Crippen molar-refractivity contribution in [2.75, 3.05) is 6.86 Å². The Morgan fingerprint density at radius 3 is 2.75 bits per heavy atom. The smallest absolute Gasteiger partial charge is 0.292 e. The number of hydrogen-bond donors (Lipinski definition) is 1. The van der Waals surface area contributed by atoms with Crippen LogP contribution < -0.4 is 14.2 Å². The number of ether oxygens (including phenoxy) is 3. The monoisotopic (exact) mass is 279 g/mol. The molecular weight excluding hydrogens is 269 g/mol. The molecule has 0 atom stereocenters. The van der Waals surface area contributed by atoms with Crippen molar-refractivity contribution in [1.29, 1.82) is 5.26 Å². The second kappa shape index (κ2) is 6.29. The van der Waals surface area contributed by atoms with Crippen LogP contribution in [0.2, 0.25) is 0 Å². The maximum absolute atomic E-state index is 12.3. The molecule has 0 amide bonds. The number of benzene rings is 1. The van der Waals surface area contributed by atoms with E-state index < -0.39 is 6.86 Å². The molecule has 8 heteroatoms. The van der Waals surface area contributed by atoms with Crippen LogP contribution in [-0.2, 0) is 6.61 Å². The van der Waals surface area contributed by atoms with Crippen molar-refractivity contribution in [1.82, 2.24) is 9.94 Å². The predicted molar refractivity (Wildman–Crippen MR) is 63.0 cm³/mol. The number of aromatic nitrogens is 2. The molecule has 7 nitrogen and oxygen atoms in total. The number of nitrogens with zero attached hydrogens (tertiary/aromatic N) is 3. The van der Waals surface area contributed by atoms with Crippen LogP contribution in [0.3, 0.4) is 0 Å². The summed E-state index contributed by atoms with van der Waals surface area (Å²) in [4.78, 5) is 0.589. The lowest BCUT2D eigenvalue weighted by atomic mass is 10.2. The van der Waals surface area contributed by atoms with Crippen LogP contribution in [0.15, 0.2) is 30.5 Å². The van der Waals surface area contributed by atoms with Crippen molar-refractivity contribution in [2.45, 2.75) is 6.61 Å². The lowest BCUT2D eigenvalue weighted by Gasteiger charge is -2.12. The van der Waals surface area contributed by atoms with Crippen LogP contribution in [0.5, 0.6) is 17.4 Å². The van der Waals surface area contributed by atoms with E-state index in [4.69, 9.17) is 24.7 Å². The van der Waals surface area contributed by atoms with Crippen molar-refractivity contribution in [2.24, 2.45) is 0 Å². The highest BCUT2D eigenvalue weighted by Crippen LogP contribution is 2.29. The molecule has 1 aromatic heterocycles. The molecule has 0 aliphatic carbocycles. The van der Waals surface area contributed by atoms with Crippen molar-refractivity contribution in [3.8, 4) is 23.6 Å². The van der Waals surface area contributed by atoms with E-state index in [1.807, 2.05) is 0 Å². The molecule has 1 aromatic carbocycles. The van der Waals surface area contributed by atoms with Gasteiger partial charge in [-0.25, -0.2) is 4.39 Å². The first kappa shape index (κ1) is 13.5. The van der Waals surface area contributed by atoms with E-state index in [0.717, 1.165) is 0 Å². The predicted octanol–water partition coefficient (Wildman–Crippen LogP) is 1.87. The highest BCUT2D eigenvalue weighted by Gasteiger charge is 2.13. The molecule has 104 valence electrons. The summed E-state index contributed by atoms with van der Waals surface area (Å²) >= 11 is 0. The molecule has 0 bridgehead atoms. The average molecular weight is 279 g/mol. The third kappa shape index (κ3) is 3.08. The van der Waals surface area contributed by atoms with Gasteiger partial charge in [0.25, 0.3) is 6.26 Å². The zero-order valence-electron chi connectivity index (χ0n) is 10.2. The van der Waals surface area contributed by atoms with Gasteiger partial charge < -0.3 is 19.4 Å². The van der Waals surface area contributed by atoms with E-state index in [2.05, 4.69) is 5.10 Å². The maximum atomic E-state index is 12.3. The largest absolute Gasteiger partial charge is 0.471 e. The lowest BCUT2D eigenvalue weighted by molar-refractivity contribution is 0.140. The molecule has 20 heavy (non-hydrogen) atoms. The Kier molecular flexibility index (Phi) is 4.24. The van der Waals surface area contributed by atoms with E-state index in [-0.39, 0.29) is 24.0 Å². The van der Waals surface area contributed by atoms with E-state index >= 15 is 0 Å². The number of nitriles is 1. The maximum Gasteiger partial charge on any atom is 0.292 e. The normalized spacial score (nSPS) is 9.80.